The molecule has 1 aromatic rings. The molecular formula is C36H67N5O4. The van der Waals surface area contributed by atoms with Crippen LogP contribution < -0.4 is 21.5 Å². The number of hydrogen-bond donors (Lipinski definition) is 4. The largest absolute Gasteiger partial charge is 0.449 e. The molecule has 1 rings (SSSR count). The zero-order valence-electron chi connectivity index (χ0n) is 29.7. The highest BCUT2D eigenvalue weighted by Crippen LogP contribution is 2.28. The fourth-order valence-corrected chi connectivity index (χ4v) is 5.81. The van der Waals surface area contributed by atoms with Crippen LogP contribution in [0, 0.1) is 18.3 Å². The minimum atomic E-state index is -0.434. The van der Waals surface area contributed by atoms with Crippen LogP contribution in [0.2, 0.25) is 0 Å². The number of aromatic nitrogens is 2. The van der Waals surface area contributed by atoms with Gasteiger partial charge >= 0.3 is 12.1 Å². The first kappa shape index (κ1) is 40.4. The summed E-state index contributed by atoms with van der Waals surface area (Å²) in [5.41, 5.74) is -0.0322. The van der Waals surface area contributed by atoms with Crippen molar-refractivity contribution in [2.24, 2.45) is 11.3 Å². The fourth-order valence-electron chi connectivity index (χ4n) is 5.81. The Balaban J connectivity index is 2.55. The molecule has 9 nitrogen and oxygen atoms in total. The number of amides is 3. The summed E-state index contributed by atoms with van der Waals surface area (Å²) in [4.78, 5) is 43.8. The smallest absolute Gasteiger partial charge is 0.407 e. The number of unbranched alkanes of at least 4 members (excludes halogenated alkanes) is 12. The van der Waals surface area contributed by atoms with E-state index in [4.69, 9.17) is 4.74 Å². The van der Waals surface area contributed by atoms with Gasteiger partial charge in [0.05, 0.1) is 6.61 Å². The molecule has 1 heterocycles. The highest BCUT2D eigenvalue weighted by atomic mass is 16.5. The number of rotatable bonds is 26. The highest BCUT2D eigenvalue weighted by molar-refractivity contribution is 5.87. The lowest BCUT2D eigenvalue weighted by molar-refractivity contribution is 0.113. The van der Waals surface area contributed by atoms with Crippen molar-refractivity contribution < 1.29 is 14.3 Å². The van der Waals surface area contributed by atoms with Gasteiger partial charge in [-0.25, -0.2) is 14.6 Å². The number of ether oxygens (including phenoxy) is 1. The summed E-state index contributed by atoms with van der Waals surface area (Å²) in [6.07, 6.45) is 22.3. The van der Waals surface area contributed by atoms with E-state index >= 15 is 0 Å². The van der Waals surface area contributed by atoms with Crippen LogP contribution in [0.5, 0.6) is 0 Å². The molecule has 0 aliphatic carbocycles. The van der Waals surface area contributed by atoms with Gasteiger partial charge in [0.1, 0.15) is 0 Å². The number of carbonyl (C=O) groups is 2. The van der Waals surface area contributed by atoms with Crippen LogP contribution in [0.3, 0.4) is 0 Å². The number of hydrogen-bond acceptors (Lipinski definition) is 5. The van der Waals surface area contributed by atoms with Gasteiger partial charge in [0.15, 0.2) is 0 Å². The summed E-state index contributed by atoms with van der Waals surface area (Å²) in [6, 6.07) is 0.872. The van der Waals surface area contributed by atoms with Gasteiger partial charge in [-0.1, -0.05) is 125 Å². The molecule has 260 valence electrons. The SMILES string of the molecule is CCCCCCCCCCC(CCCCCCCC)COC(=O)NC(CC)CC(C)(CC)CNC(=O)Nc1nc(C)cc(=O)[nH]1. The summed E-state index contributed by atoms with van der Waals surface area (Å²) in [6.45, 7) is 13.4. The zero-order valence-corrected chi connectivity index (χ0v) is 29.7. The Kier molecular flexibility index (Phi) is 22.1. The first-order valence-electron chi connectivity index (χ1n) is 18.2. The van der Waals surface area contributed by atoms with Crippen LogP contribution in [-0.2, 0) is 4.74 Å². The van der Waals surface area contributed by atoms with Crippen LogP contribution in [0.1, 0.15) is 162 Å². The summed E-state index contributed by atoms with van der Waals surface area (Å²) in [5, 5.41) is 8.61. The Bertz CT molecular complexity index is 984. The number of alkyl carbamates (subject to hydrolysis) is 1. The quantitative estimate of drug-likeness (QED) is 0.0756. The van der Waals surface area contributed by atoms with E-state index in [-0.39, 0.29) is 29.1 Å². The second-order valence-electron chi connectivity index (χ2n) is 13.4. The van der Waals surface area contributed by atoms with Crippen LogP contribution in [0.25, 0.3) is 0 Å². The predicted molar refractivity (Wildman–Crippen MR) is 187 cm³/mol. The third kappa shape index (κ3) is 20.2. The van der Waals surface area contributed by atoms with Crippen LogP contribution in [-0.4, -0.2) is 41.3 Å². The number of nitrogens with zero attached hydrogens (tertiary/aromatic N) is 1. The normalized spacial score (nSPS) is 13.9. The second-order valence-corrected chi connectivity index (χ2v) is 13.4. The van der Waals surface area contributed by atoms with Gasteiger partial charge in [0.2, 0.25) is 5.95 Å². The third-order valence-electron chi connectivity index (χ3n) is 9.07. The van der Waals surface area contributed by atoms with Gasteiger partial charge < -0.3 is 15.4 Å². The van der Waals surface area contributed by atoms with Crippen molar-refractivity contribution in [1.82, 2.24) is 20.6 Å². The maximum absolute atomic E-state index is 12.9. The average molecular weight is 634 g/mol. The minimum absolute atomic E-state index is 0.0631. The Morgan fingerprint density at radius 3 is 1.96 bits per heavy atom. The summed E-state index contributed by atoms with van der Waals surface area (Å²) >= 11 is 0. The minimum Gasteiger partial charge on any atom is -0.449 e. The van der Waals surface area contributed by atoms with Crippen molar-refractivity contribution in [3.05, 3.63) is 22.1 Å². The van der Waals surface area contributed by atoms with Crippen molar-refractivity contribution in [3.63, 3.8) is 0 Å². The summed E-state index contributed by atoms with van der Waals surface area (Å²) in [7, 11) is 0. The summed E-state index contributed by atoms with van der Waals surface area (Å²) < 4.78 is 5.82. The molecule has 0 fully saturated rings. The molecule has 0 aliphatic heterocycles. The van der Waals surface area contributed by atoms with E-state index in [0.717, 1.165) is 25.7 Å². The number of urea groups is 1. The first-order chi connectivity index (χ1) is 21.6. The highest BCUT2D eigenvalue weighted by Gasteiger charge is 2.28. The third-order valence-corrected chi connectivity index (χ3v) is 9.07. The molecule has 9 heteroatoms. The van der Waals surface area contributed by atoms with E-state index in [0.29, 0.717) is 31.2 Å². The zero-order chi connectivity index (χ0) is 33.3. The topological polar surface area (TPSA) is 125 Å². The van der Waals surface area contributed by atoms with Gasteiger partial charge in [-0.2, -0.15) is 0 Å². The standard InChI is InChI=1S/C36H67N5O4/c1-7-11-13-15-17-18-20-22-24-30(23-21-19-16-14-12-8-2)27-45-35(44)39-31(9-3)26-36(6,10-4)28-37-34(43)41-33-38-29(5)25-32(42)40-33/h25,30-31H,7-24,26-28H2,1-6H3,(H,39,44)(H3,37,38,40,41,42,43). The Labute approximate surface area is 274 Å². The molecule has 4 N–H and O–H groups in total. The van der Waals surface area contributed by atoms with Crippen molar-refractivity contribution >= 4 is 18.1 Å². The van der Waals surface area contributed by atoms with E-state index in [1.807, 2.05) is 0 Å². The fraction of sp³-hybridized carbons (Fsp3) is 0.833. The van der Waals surface area contributed by atoms with Gasteiger partial charge in [-0.05, 0) is 50.4 Å². The molecular weight excluding hydrogens is 566 g/mol. The molecule has 0 spiro atoms. The van der Waals surface area contributed by atoms with E-state index in [9.17, 15) is 14.4 Å². The molecule has 3 atom stereocenters. The maximum atomic E-state index is 12.9. The van der Waals surface area contributed by atoms with Crippen molar-refractivity contribution in [1.29, 1.82) is 0 Å². The molecule has 0 bridgehead atoms. The van der Waals surface area contributed by atoms with Gasteiger partial charge in [0, 0.05) is 24.3 Å². The molecule has 3 unspecified atom stereocenters. The molecule has 45 heavy (non-hydrogen) atoms. The number of nitrogens with one attached hydrogen (secondary N) is 4. The van der Waals surface area contributed by atoms with Crippen LogP contribution >= 0.6 is 0 Å². The Morgan fingerprint density at radius 2 is 1.44 bits per heavy atom. The molecule has 0 aliphatic rings. The lowest BCUT2D eigenvalue weighted by Gasteiger charge is -2.32. The number of aryl methyl sites for hydroxylation is 1. The van der Waals surface area contributed by atoms with E-state index in [1.54, 1.807) is 6.92 Å². The predicted octanol–water partition coefficient (Wildman–Crippen LogP) is 9.41. The molecule has 0 saturated carbocycles. The van der Waals surface area contributed by atoms with Gasteiger partial charge in [-0.3, -0.25) is 15.1 Å². The molecule has 0 radical (unpaired) electrons. The second kappa shape index (κ2) is 24.6. The molecule has 0 saturated heterocycles. The molecule has 3 amide bonds. The lowest BCUT2D eigenvalue weighted by Crippen LogP contribution is -2.44. The lowest BCUT2D eigenvalue weighted by atomic mass is 9.80. The first-order valence-corrected chi connectivity index (χ1v) is 18.2. The van der Waals surface area contributed by atoms with Crippen LogP contribution in [0.4, 0.5) is 15.5 Å². The van der Waals surface area contributed by atoms with E-state index < -0.39 is 6.03 Å². The Hall–Kier alpha value is -2.58. The Morgan fingerprint density at radius 1 is 0.889 bits per heavy atom. The number of H-pyrrole nitrogens is 1. The van der Waals surface area contributed by atoms with Gasteiger partial charge in [0.25, 0.3) is 5.56 Å². The maximum Gasteiger partial charge on any atom is 0.407 e. The van der Waals surface area contributed by atoms with E-state index in [2.05, 4.69) is 60.5 Å². The molecule has 1 aromatic heterocycles. The van der Waals surface area contributed by atoms with Crippen molar-refractivity contribution in [3.8, 4) is 0 Å². The van der Waals surface area contributed by atoms with Crippen molar-refractivity contribution in [2.45, 2.75) is 170 Å². The monoisotopic (exact) mass is 634 g/mol. The van der Waals surface area contributed by atoms with E-state index in [1.165, 1.54) is 96.0 Å². The number of carbonyl (C=O) groups excluding carboxylic acids is 2. The van der Waals surface area contributed by atoms with Crippen molar-refractivity contribution in [2.75, 3.05) is 18.5 Å². The number of anilines is 1. The number of aromatic amines is 1. The van der Waals surface area contributed by atoms with Gasteiger partial charge in [-0.15, -0.1) is 0 Å². The average Bonchev–Trinajstić information content (AvgIpc) is 3.00. The summed E-state index contributed by atoms with van der Waals surface area (Å²) in [5.74, 6) is 0.535. The van der Waals surface area contributed by atoms with Crippen LogP contribution in [0.15, 0.2) is 10.9 Å². The molecule has 0 aromatic carbocycles.